The molecule has 1 saturated heterocycles. The van der Waals surface area contributed by atoms with Gasteiger partial charge < -0.3 is 15.4 Å². The number of benzene rings is 1. The lowest BCUT2D eigenvalue weighted by Gasteiger charge is -2.23. The van der Waals surface area contributed by atoms with Crippen LogP contribution in [0.15, 0.2) is 24.3 Å². The standard InChI is InChI=1S/C19H28N2O2.ClH/c22-19(18-8-4-5-13-20-18)21-14-15-9-11-17(12-10-15)23-16-6-2-1-3-7-16;/h9-12,16,18,20H,1-8,13-14H2,(H,21,22);1H. The van der Waals surface area contributed by atoms with Gasteiger partial charge in [-0.25, -0.2) is 0 Å². The Hall–Kier alpha value is -1.26. The molecule has 0 radical (unpaired) electrons. The molecule has 134 valence electrons. The number of rotatable bonds is 5. The van der Waals surface area contributed by atoms with Crippen molar-refractivity contribution in [3.05, 3.63) is 29.8 Å². The summed E-state index contributed by atoms with van der Waals surface area (Å²) in [6, 6.07) is 8.13. The van der Waals surface area contributed by atoms with Gasteiger partial charge in [0.1, 0.15) is 5.75 Å². The molecule has 2 N–H and O–H groups in total. The molecule has 1 aromatic rings. The molecule has 1 amide bonds. The highest BCUT2D eigenvalue weighted by atomic mass is 35.5. The van der Waals surface area contributed by atoms with Crippen LogP contribution in [0, 0.1) is 0 Å². The van der Waals surface area contributed by atoms with Crippen molar-refractivity contribution in [2.24, 2.45) is 0 Å². The highest BCUT2D eigenvalue weighted by molar-refractivity contribution is 5.85. The summed E-state index contributed by atoms with van der Waals surface area (Å²) in [5.41, 5.74) is 1.12. The fraction of sp³-hybridized carbons (Fsp3) is 0.632. The summed E-state index contributed by atoms with van der Waals surface area (Å²) in [5, 5.41) is 6.30. The molecule has 2 aliphatic rings. The number of hydrogen-bond acceptors (Lipinski definition) is 3. The molecular formula is C19H29ClN2O2. The fourth-order valence-electron chi connectivity index (χ4n) is 3.45. The lowest BCUT2D eigenvalue weighted by atomic mass is 9.98. The van der Waals surface area contributed by atoms with Crippen LogP contribution in [0.2, 0.25) is 0 Å². The van der Waals surface area contributed by atoms with E-state index in [4.69, 9.17) is 4.74 Å². The summed E-state index contributed by atoms with van der Waals surface area (Å²) in [6.45, 7) is 1.53. The first-order valence-corrected chi connectivity index (χ1v) is 9.08. The summed E-state index contributed by atoms with van der Waals surface area (Å²) in [7, 11) is 0. The Morgan fingerprint density at radius 3 is 2.42 bits per heavy atom. The van der Waals surface area contributed by atoms with E-state index in [2.05, 4.69) is 10.6 Å². The number of halogens is 1. The van der Waals surface area contributed by atoms with Gasteiger partial charge in [0, 0.05) is 6.54 Å². The minimum absolute atomic E-state index is 0. The van der Waals surface area contributed by atoms with Crippen LogP contribution in [0.3, 0.4) is 0 Å². The van der Waals surface area contributed by atoms with Gasteiger partial charge in [0.2, 0.25) is 5.91 Å². The number of carbonyl (C=O) groups is 1. The molecule has 5 heteroatoms. The first-order chi connectivity index (χ1) is 11.3. The van der Waals surface area contributed by atoms with Crippen LogP contribution in [0.5, 0.6) is 5.75 Å². The Bertz CT molecular complexity index is 495. The van der Waals surface area contributed by atoms with Crippen LogP contribution < -0.4 is 15.4 Å². The van der Waals surface area contributed by atoms with Crippen molar-refractivity contribution in [2.45, 2.75) is 70.1 Å². The number of ether oxygens (including phenoxy) is 1. The van der Waals surface area contributed by atoms with Gasteiger partial charge in [-0.15, -0.1) is 12.4 Å². The average molecular weight is 353 g/mol. The Morgan fingerprint density at radius 1 is 1.04 bits per heavy atom. The Kier molecular flexibility index (Phi) is 7.86. The normalized spacial score (nSPS) is 21.6. The predicted molar refractivity (Wildman–Crippen MR) is 98.7 cm³/mol. The van der Waals surface area contributed by atoms with Crippen molar-refractivity contribution >= 4 is 18.3 Å². The topological polar surface area (TPSA) is 50.4 Å². The van der Waals surface area contributed by atoms with Crippen molar-refractivity contribution in [3.8, 4) is 5.75 Å². The van der Waals surface area contributed by atoms with Gasteiger partial charge in [-0.2, -0.15) is 0 Å². The molecule has 1 aliphatic heterocycles. The number of piperidine rings is 1. The maximum atomic E-state index is 12.1. The van der Waals surface area contributed by atoms with Gasteiger partial charge in [-0.1, -0.05) is 25.0 Å². The minimum Gasteiger partial charge on any atom is -0.490 e. The molecule has 2 fully saturated rings. The second-order valence-electron chi connectivity index (χ2n) is 6.74. The van der Waals surface area contributed by atoms with E-state index < -0.39 is 0 Å². The van der Waals surface area contributed by atoms with Crippen LogP contribution >= 0.6 is 12.4 Å². The monoisotopic (exact) mass is 352 g/mol. The van der Waals surface area contributed by atoms with E-state index in [1.807, 2.05) is 24.3 Å². The summed E-state index contributed by atoms with van der Waals surface area (Å²) in [4.78, 5) is 12.1. The summed E-state index contributed by atoms with van der Waals surface area (Å²) >= 11 is 0. The van der Waals surface area contributed by atoms with Crippen molar-refractivity contribution in [1.82, 2.24) is 10.6 Å². The third kappa shape index (κ3) is 5.67. The van der Waals surface area contributed by atoms with Gasteiger partial charge in [-0.3, -0.25) is 4.79 Å². The van der Waals surface area contributed by atoms with Crippen molar-refractivity contribution in [1.29, 1.82) is 0 Å². The smallest absolute Gasteiger partial charge is 0.237 e. The first-order valence-electron chi connectivity index (χ1n) is 9.08. The van der Waals surface area contributed by atoms with E-state index in [0.717, 1.165) is 30.7 Å². The molecule has 1 aromatic carbocycles. The first kappa shape index (κ1) is 19.1. The molecule has 0 bridgehead atoms. The molecule has 0 spiro atoms. The lowest BCUT2D eigenvalue weighted by molar-refractivity contribution is -0.123. The second-order valence-corrected chi connectivity index (χ2v) is 6.74. The molecule has 3 rings (SSSR count). The number of amides is 1. The van der Waals surface area contributed by atoms with Crippen LogP contribution in [0.4, 0.5) is 0 Å². The predicted octanol–water partition coefficient (Wildman–Crippen LogP) is 3.58. The van der Waals surface area contributed by atoms with E-state index in [0.29, 0.717) is 12.6 Å². The molecule has 1 aliphatic carbocycles. The van der Waals surface area contributed by atoms with Crippen LogP contribution in [0.25, 0.3) is 0 Å². The molecule has 1 unspecified atom stereocenters. The van der Waals surface area contributed by atoms with Crippen molar-refractivity contribution in [3.63, 3.8) is 0 Å². The van der Waals surface area contributed by atoms with Gasteiger partial charge in [0.25, 0.3) is 0 Å². The van der Waals surface area contributed by atoms with E-state index in [-0.39, 0.29) is 24.4 Å². The molecule has 0 aromatic heterocycles. The van der Waals surface area contributed by atoms with Gasteiger partial charge >= 0.3 is 0 Å². The Labute approximate surface area is 151 Å². The fourth-order valence-corrected chi connectivity index (χ4v) is 3.45. The van der Waals surface area contributed by atoms with E-state index in [1.165, 1.54) is 38.5 Å². The number of nitrogens with one attached hydrogen (secondary N) is 2. The van der Waals surface area contributed by atoms with Crippen molar-refractivity contribution < 1.29 is 9.53 Å². The summed E-state index contributed by atoms with van der Waals surface area (Å²) in [6.07, 6.45) is 9.89. The molecule has 1 saturated carbocycles. The summed E-state index contributed by atoms with van der Waals surface area (Å²) in [5.74, 6) is 1.06. The van der Waals surface area contributed by atoms with Crippen LogP contribution in [-0.2, 0) is 11.3 Å². The van der Waals surface area contributed by atoms with E-state index in [9.17, 15) is 4.79 Å². The third-order valence-corrected chi connectivity index (χ3v) is 4.87. The molecule has 1 heterocycles. The Morgan fingerprint density at radius 2 is 1.75 bits per heavy atom. The zero-order valence-corrected chi connectivity index (χ0v) is 15.1. The van der Waals surface area contributed by atoms with E-state index >= 15 is 0 Å². The highest BCUT2D eigenvalue weighted by Gasteiger charge is 2.20. The van der Waals surface area contributed by atoms with Gasteiger partial charge in [-0.05, 0) is 62.8 Å². The van der Waals surface area contributed by atoms with Crippen LogP contribution in [-0.4, -0.2) is 24.6 Å². The third-order valence-electron chi connectivity index (χ3n) is 4.87. The number of carbonyl (C=O) groups excluding carboxylic acids is 1. The van der Waals surface area contributed by atoms with Crippen LogP contribution in [0.1, 0.15) is 56.9 Å². The van der Waals surface area contributed by atoms with Gasteiger partial charge in [0.05, 0.1) is 12.1 Å². The maximum absolute atomic E-state index is 12.1. The van der Waals surface area contributed by atoms with E-state index in [1.54, 1.807) is 0 Å². The number of hydrogen-bond donors (Lipinski definition) is 2. The molecule has 24 heavy (non-hydrogen) atoms. The quantitative estimate of drug-likeness (QED) is 0.851. The van der Waals surface area contributed by atoms with Crippen molar-refractivity contribution in [2.75, 3.05) is 6.54 Å². The largest absolute Gasteiger partial charge is 0.490 e. The minimum atomic E-state index is -0.0161. The second kappa shape index (κ2) is 9.90. The Balaban J connectivity index is 0.00000208. The zero-order chi connectivity index (χ0) is 15.9. The molecule has 4 nitrogen and oxygen atoms in total. The SMILES string of the molecule is Cl.O=C(NCc1ccc(OC2CCCCC2)cc1)C1CCCCN1. The maximum Gasteiger partial charge on any atom is 0.237 e. The van der Waals surface area contributed by atoms with Gasteiger partial charge in [0.15, 0.2) is 0 Å². The highest BCUT2D eigenvalue weighted by Crippen LogP contribution is 2.23. The zero-order valence-electron chi connectivity index (χ0n) is 14.3. The molecule has 1 atom stereocenters. The average Bonchev–Trinajstić information content (AvgIpc) is 2.62. The lowest BCUT2D eigenvalue weighted by Crippen LogP contribution is -2.46. The molecular weight excluding hydrogens is 324 g/mol. The summed E-state index contributed by atoms with van der Waals surface area (Å²) < 4.78 is 6.03.